The van der Waals surface area contributed by atoms with Crippen LogP contribution in [0.3, 0.4) is 0 Å². The molecule has 0 heterocycles. The second-order valence-electron chi connectivity index (χ2n) is 9.74. The lowest BCUT2D eigenvalue weighted by Crippen LogP contribution is -2.52. The van der Waals surface area contributed by atoms with E-state index < -0.39 is 40.2 Å². The molecule has 1 saturated carbocycles. The molecule has 11 heteroatoms. The summed E-state index contributed by atoms with van der Waals surface area (Å²) in [6, 6.07) is 15.4. The van der Waals surface area contributed by atoms with Crippen molar-refractivity contribution in [1.82, 2.24) is 10.2 Å². The topological polar surface area (TPSA) is 86.8 Å². The summed E-state index contributed by atoms with van der Waals surface area (Å²) in [6.45, 7) is 0.805. The van der Waals surface area contributed by atoms with E-state index in [1.807, 2.05) is 0 Å². The van der Waals surface area contributed by atoms with Crippen molar-refractivity contribution in [3.05, 3.63) is 95.0 Å². The van der Waals surface area contributed by atoms with Crippen molar-refractivity contribution in [3.8, 4) is 0 Å². The first-order valence-electron chi connectivity index (χ1n) is 12.9. The van der Waals surface area contributed by atoms with Gasteiger partial charge < -0.3 is 10.2 Å². The lowest BCUT2D eigenvalue weighted by molar-refractivity contribution is -0.139. The maximum atomic E-state index is 14.0. The van der Waals surface area contributed by atoms with Gasteiger partial charge in [-0.25, -0.2) is 17.2 Å². The smallest absolute Gasteiger partial charge is 0.264 e. The van der Waals surface area contributed by atoms with Crippen molar-refractivity contribution in [1.29, 1.82) is 0 Å². The molecule has 3 aromatic carbocycles. The lowest BCUT2D eigenvalue weighted by atomic mass is 10.1. The fraction of sp³-hybridized carbons (Fsp3) is 0.310. The van der Waals surface area contributed by atoms with Crippen LogP contribution in [0.5, 0.6) is 0 Å². The zero-order valence-electron chi connectivity index (χ0n) is 21.9. The Labute approximate surface area is 237 Å². The summed E-state index contributed by atoms with van der Waals surface area (Å²) in [5.41, 5.74) is 0.533. The van der Waals surface area contributed by atoms with Crippen molar-refractivity contribution in [2.24, 2.45) is 0 Å². The van der Waals surface area contributed by atoms with Crippen molar-refractivity contribution in [3.63, 3.8) is 0 Å². The molecule has 0 bridgehead atoms. The minimum atomic E-state index is -4.30. The van der Waals surface area contributed by atoms with Crippen LogP contribution >= 0.6 is 11.6 Å². The van der Waals surface area contributed by atoms with Crippen LogP contribution < -0.4 is 9.62 Å². The normalized spacial score (nSPS) is 14.5. The zero-order chi connectivity index (χ0) is 28.9. The number of rotatable bonds is 10. The molecule has 1 aliphatic rings. The number of benzene rings is 3. The third-order valence-corrected chi connectivity index (χ3v) is 9.01. The molecule has 3 aromatic rings. The Morgan fingerprint density at radius 3 is 2.27 bits per heavy atom. The molecule has 1 aliphatic carbocycles. The molecule has 0 aliphatic heterocycles. The maximum absolute atomic E-state index is 14.0. The van der Waals surface area contributed by atoms with Crippen molar-refractivity contribution < 1.29 is 26.8 Å². The number of hydrogen-bond acceptors (Lipinski definition) is 4. The van der Waals surface area contributed by atoms with E-state index in [1.165, 1.54) is 47.4 Å². The molecule has 4 rings (SSSR count). The van der Waals surface area contributed by atoms with Crippen LogP contribution in [0.15, 0.2) is 77.7 Å². The van der Waals surface area contributed by atoms with Gasteiger partial charge in [0, 0.05) is 12.6 Å². The van der Waals surface area contributed by atoms with E-state index in [-0.39, 0.29) is 34.1 Å². The van der Waals surface area contributed by atoms with E-state index in [0.29, 0.717) is 5.56 Å². The summed E-state index contributed by atoms with van der Waals surface area (Å²) in [5.74, 6) is -2.26. The Morgan fingerprint density at radius 1 is 1.00 bits per heavy atom. The molecular formula is C29H30ClF2N3O4S. The van der Waals surface area contributed by atoms with Gasteiger partial charge in [-0.1, -0.05) is 54.8 Å². The summed E-state index contributed by atoms with van der Waals surface area (Å²) in [5, 5.41) is 2.67. The summed E-state index contributed by atoms with van der Waals surface area (Å²) in [4.78, 5) is 28.2. The Hall–Kier alpha value is -3.50. The number of carbonyl (C=O) groups is 2. The van der Waals surface area contributed by atoms with E-state index in [9.17, 15) is 26.8 Å². The SMILES string of the molecule is CC(C(=O)NC1CCCC1)N(Cc1ccc(F)cc1)C(=O)CN(c1ccc(F)c(Cl)c1)S(=O)(=O)c1ccccc1. The largest absolute Gasteiger partial charge is 0.352 e. The van der Waals surface area contributed by atoms with Gasteiger partial charge in [0.05, 0.1) is 15.6 Å². The number of amides is 2. The Morgan fingerprint density at radius 2 is 1.65 bits per heavy atom. The van der Waals surface area contributed by atoms with Crippen LogP contribution in [-0.4, -0.2) is 43.8 Å². The van der Waals surface area contributed by atoms with E-state index >= 15 is 0 Å². The minimum Gasteiger partial charge on any atom is -0.352 e. The van der Waals surface area contributed by atoms with E-state index in [4.69, 9.17) is 11.6 Å². The predicted molar refractivity (Wildman–Crippen MR) is 149 cm³/mol. The first kappa shape index (κ1) is 29.5. The number of hydrogen-bond donors (Lipinski definition) is 1. The molecule has 1 atom stereocenters. The average Bonchev–Trinajstić information content (AvgIpc) is 3.46. The highest BCUT2D eigenvalue weighted by atomic mass is 35.5. The molecule has 0 radical (unpaired) electrons. The number of anilines is 1. The molecule has 0 aromatic heterocycles. The van der Waals surface area contributed by atoms with E-state index in [2.05, 4.69) is 5.32 Å². The van der Waals surface area contributed by atoms with Crippen molar-refractivity contribution in [2.45, 2.75) is 56.1 Å². The third kappa shape index (κ3) is 6.98. The van der Waals surface area contributed by atoms with Crippen LogP contribution in [0.1, 0.15) is 38.2 Å². The second-order valence-corrected chi connectivity index (χ2v) is 12.0. The first-order chi connectivity index (χ1) is 19.1. The van der Waals surface area contributed by atoms with Crippen LogP contribution in [0.25, 0.3) is 0 Å². The molecule has 212 valence electrons. The van der Waals surface area contributed by atoms with Crippen LogP contribution in [-0.2, 0) is 26.2 Å². The van der Waals surface area contributed by atoms with Gasteiger partial charge in [-0.05, 0) is 67.8 Å². The molecule has 1 unspecified atom stereocenters. The highest BCUT2D eigenvalue weighted by Crippen LogP contribution is 2.28. The van der Waals surface area contributed by atoms with Gasteiger partial charge in [-0.15, -0.1) is 0 Å². The average molecular weight is 590 g/mol. The second kappa shape index (κ2) is 12.8. The Kier molecular flexibility index (Phi) is 9.42. The number of nitrogens with one attached hydrogen (secondary N) is 1. The van der Waals surface area contributed by atoms with Gasteiger partial charge in [-0.2, -0.15) is 0 Å². The van der Waals surface area contributed by atoms with Gasteiger partial charge in [0.2, 0.25) is 11.8 Å². The van der Waals surface area contributed by atoms with Crippen molar-refractivity contribution in [2.75, 3.05) is 10.8 Å². The number of carbonyl (C=O) groups excluding carboxylic acids is 2. The Balaban J connectivity index is 1.69. The van der Waals surface area contributed by atoms with Gasteiger partial charge in [-0.3, -0.25) is 13.9 Å². The number of nitrogens with zero attached hydrogens (tertiary/aromatic N) is 2. The summed E-state index contributed by atoms with van der Waals surface area (Å²) in [6.07, 6.45) is 3.70. The fourth-order valence-electron chi connectivity index (χ4n) is 4.65. The molecule has 1 fully saturated rings. The van der Waals surface area contributed by atoms with E-state index in [1.54, 1.807) is 25.1 Å². The highest BCUT2D eigenvalue weighted by molar-refractivity contribution is 7.92. The van der Waals surface area contributed by atoms with Gasteiger partial charge in [0.15, 0.2) is 0 Å². The zero-order valence-corrected chi connectivity index (χ0v) is 23.5. The predicted octanol–water partition coefficient (Wildman–Crippen LogP) is 5.29. The maximum Gasteiger partial charge on any atom is 0.264 e. The van der Waals surface area contributed by atoms with Gasteiger partial charge in [0.1, 0.15) is 24.2 Å². The number of sulfonamides is 1. The van der Waals surface area contributed by atoms with Crippen LogP contribution in [0, 0.1) is 11.6 Å². The van der Waals surface area contributed by atoms with Crippen LogP contribution in [0.2, 0.25) is 5.02 Å². The summed E-state index contributed by atoms with van der Waals surface area (Å²) < 4.78 is 55.8. The fourth-order valence-corrected chi connectivity index (χ4v) is 6.25. The summed E-state index contributed by atoms with van der Waals surface area (Å²) >= 11 is 5.97. The summed E-state index contributed by atoms with van der Waals surface area (Å²) in [7, 11) is -4.30. The van der Waals surface area contributed by atoms with Crippen LogP contribution in [0.4, 0.5) is 14.5 Å². The van der Waals surface area contributed by atoms with Crippen molar-refractivity contribution >= 4 is 39.1 Å². The minimum absolute atomic E-state index is 0.00837. The number of halogens is 3. The molecule has 1 N–H and O–H groups in total. The first-order valence-corrected chi connectivity index (χ1v) is 14.7. The molecule has 7 nitrogen and oxygen atoms in total. The van der Waals surface area contributed by atoms with Gasteiger partial charge >= 0.3 is 0 Å². The van der Waals surface area contributed by atoms with E-state index in [0.717, 1.165) is 42.1 Å². The lowest BCUT2D eigenvalue weighted by Gasteiger charge is -2.32. The molecule has 0 spiro atoms. The quantitative estimate of drug-likeness (QED) is 0.348. The van der Waals surface area contributed by atoms with Gasteiger partial charge in [0.25, 0.3) is 10.0 Å². The molecule has 40 heavy (non-hydrogen) atoms. The molecule has 0 saturated heterocycles. The third-order valence-electron chi connectivity index (χ3n) is 6.94. The monoisotopic (exact) mass is 589 g/mol. The molecular weight excluding hydrogens is 560 g/mol. The Bertz CT molecular complexity index is 1450. The standard InChI is InChI=1S/C29H30ClF2N3O4S/c1-20(29(37)33-23-7-5-6-8-23)34(18-21-11-13-22(31)14-12-21)28(36)19-35(24-15-16-27(32)26(30)17-24)40(38,39)25-9-3-2-4-10-25/h2-4,9-17,20,23H,5-8,18-19H2,1H3,(H,33,37). The molecule has 2 amide bonds. The highest BCUT2D eigenvalue weighted by Gasteiger charge is 2.33.